The molecule has 0 N–H and O–H groups in total. The Morgan fingerprint density at radius 1 is 1.29 bits per heavy atom. The molecule has 2 heterocycles. The lowest BCUT2D eigenvalue weighted by Crippen LogP contribution is -1.96. The van der Waals surface area contributed by atoms with Gasteiger partial charge < -0.3 is 19.1 Å². The van der Waals surface area contributed by atoms with E-state index in [0.717, 1.165) is 11.1 Å². The number of hydrogen-bond donors (Lipinski definition) is 0. The average molecular weight is 285 g/mol. The highest BCUT2D eigenvalue weighted by molar-refractivity contribution is 5.52. The molecule has 0 amide bonds. The molecule has 8 nitrogen and oxygen atoms in total. The van der Waals surface area contributed by atoms with Crippen LogP contribution in [0.5, 0.6) is 0 Å². The molecule has 0 fully saturated rings. The number of benzene rings is 1. The van der Waals surface area contributed by atoms with E-state index in [2.05, 4.69) is 15.2 Å². The minimum absolute atomic E-state index is 0.215. The van der Waals surface area contributed by atoms with Crippen LogP contribution in [0.3, 0.4) is 0 Å². The summed E-state index contributed by atoms with van der Waals surface area (Å²) in [6.07, 6.45) is 2.67. The van der Waals surface area contributed by atoms with Gasteiger partial charge in [-0.3, -0.25) is 0 Å². The van der Waals surface area contributed by atoms with Gasteiger partial charge in [0.25, 0.3) is 0 Å². The summed E-state index contributed by atoms with van der Waals surface area (Å²) in [5.74, 6) is 0.561. The third-order valence-corrected chi connectivity index (χ3v) is 2.89. The Hall–Kier alpha value is -3.03. The molecule has 0 spiro atoms. The van der Waals surface area contributed by atoms with Crippen LogP contribution in [-0.4, -0.2) is 24.7 Å². The van der Waals surface area contributed by atoms with Crippen molar-refractivity contribution in [1.82, 2.24) is 19.7 Å². The van der Waals surface area contributed by atoms with Crippen molar-refractivity contribution < 1.29 is 9.34 Å². The summed E-state index contributed by atoms with van der Waals surface area (Å²) < 4.78 is 7.06. The standard InChI is InChI=1S/C13H11N5O3/c1-9-2-4-10(5-3-9)13-16-15-12(21-13)7-17-6-11(14-8-17)18(19)20/h2-6,8H,7H2,1H3. The number of rotatable bonds is 4. The summed E-state index contributed by atoms with van der Waals surface area (Å²) in [6, 6.07) is 7.71. The first-order valence-corrected chi connectivity index (χ1v) is 6.17. The number of hydrogen-bond acceptors (Lipinski definition) is 6. The van der Waals surface area contributed by atoms with Crippen LogP contribution in [0.1, 0.15) is 11.5 Å². The van der Waals surface area contributed by atoms with Crippen molar-refractivity contribution >= 4 is 5.82 Å². The van der Waals surface area contributed by atoms with E-state index in [4.69, 9.17) is 4.42 Å². The summed E-state index contributed by atoms with van der Waals surface area (Å²) in [5, 5.41) is 18.5. The minimum Gasteiger partial charge on any atom is -0.419 e. The van der Waals surface area contributed by atoms with Crippen LogP contribution in [0.15, 0.2) is 41.2 Å². The fourth-order valence-corrected chi connectivity index (χ4v) is 1.82. The van der Waals surface area contributed by atoms with Crippen molar-refractivity contribution in [2.75, 3.05) is 0 Å². The maximum absolute atomic E-state index is 10.6. The number of nitro groups is 1. The monoisotopic (exact) mass is 285 g/mol. The Morgan fingerprint density at radius 3 is 2.71 bits per heavy atom. The smallest absolute Gasteiger partial charge is 0.381 e. The number of aromatic nitrogens is 4. The van der Waals surface area contributed by atoms with Gasteiger partial charge in [0.05, 0.1) is 0 Å². The molecule has 0 saturated carbocycles. The van der Waals surface area contributed by atoms with Gasteiger partial charge in [0.15, 0.2) is 0 Å². The van der Waals surface area contributed by atoms with Crippen LogP contribution in [0.2, 0.25) is 0 Å². The van der Waals surface area contributed by atoms with E-state index in [9.17, 15) is 10.1 Å². The second kappa shape index (κ2) is 5.16. The molecule has 0 aliphatic heterocycles. The van der Waals surface area contributed by atoms with Crippen molar-refractivity contribution in [2.24, 2.45) is 0 Å². The molecule has 2 aromatic heterocycles. The van der Waals surface area contributed by atoms with Crippen LogP contribution in [0.25, 0.3) is 11.5 Å². The molecule has 8 heteroatoms. The first-order chi connectivity index (χ1) is 10.1. The molecule has 0 bridgehead atoms. The van der Waals surface area contributed by atoms with Gasteiger partial charge in [0, 0.05) is 5.56 Å². The lowest BCUT2D eigenvalue weighted by Gasteiger charge is -1.96. The second-order valence-electron chi connectivity index (χ2n) is 4.53. The molecular weight excluding hydrogens is 274 g/mol. The Kier molecular flexibility index (Phi) is 3.19. The van der Waals surface area contributed by atoms with Crippen molar-refractivity contribution in [3.63, 3.8) is 0 Å². The maximum atomic E-state index is 10.6. The van der Waals surface area contributed by atoms with E-state index in [1.54, 1.807) is 0 Å². The molecule has 0 aliphatic rings. The van der Waals surface area contributed by atoms with E-state index in [-0.39, 0.29) is 12.4 Å². The highest BCUT2D eigenvalue weighted by atomic mass is 16.6. The Morgan fingerprint density at radius 2 is 2.05 bits per heavy atom. The van der Waals surface area contributed by atoms with Gasteiger partial charge in [-0.15, -0.1) is 10.2 Å². The van der Waals surface area contributed by atoms with E-state index in [1.165, 1.54) is 17.1 Å². The average Bonchev–Trinajstić information content (AvgIpc) is 3.10. The molecule has 0 radical (unpaired) electrons. The van der Waals surface area contributed by atoms with Crippen molar-refractivity contribution in [1.29, 1.82) is 0 Å². The molecule has 0 saturated heterocycles. The van der Waals surface area contributed by atoms with Crippen LogP contribution in [0, 0.1) is 17.0 Å². The van der Waals surface area contributed by atoms with Crippen LogP contribution in [0.4, 0.5) is 5.82 Å². The first kappa shape index (κ1) is 13.0. The molecular formula is C13H11N5O3. The molecule has 3 rings (SSSR count). The van der Waals surface area contributed by atoms with Crippen LogP contribution >= 0.6 is 0 Å². The van der Waals surface area contributed by atoms with Gasteiger partial charge in [0.1, 0.15) is 12.7 Å². The number of nitrogens with zero attached hydrogens (tertiary/aromatic N) is 5. The topological polar surface area (TPSA) is 99.9 Å². The third-order valence-electron chi connectivity index (χ3n) is 2.89. The summed E-state index contributed by atoms with van der Waals surface area (Å²) in [6.45, 7) is 2.23. The SMILES string of the molecule is Cc1ccc(-c2nnc(Cn3cnc([N+](=O)[O-])c3)o2)cc1. The highest BCUT2D eigenvalue weighted by Crippen LogP contribution is 2.18. The fraction of sp³-hybridized carbons (Fsp3) is 0.154. The van der Waals surface area contributed by atoms with Gasteiger partial charge in [-0.25, -0.2) is 0 Å². The fourth-order valence-electron chi connectivity index (χ4n) is 1.82. The van der Waals surface area contributed by atoms with Gasteiger partial charge in [-0.05, 0) is 29.0 Å². The summed E-state index contributed by atoms with van der Waals surface area (Å²) in [7, 11) is 0. The third kappa shape index (κ3) is 2.78. The van der Waals surface area contributed by atoms with Crippen molar-refractivity contribution in [3.05, 3.63) is 58.4 Å². The van der Waals surface area contributed by atoms with Gasteiger partial charge in [0.2, 0.25) is 18.1 Å². The van der Waals surface area contributed by atoms with E-state index >= 15 is 0 Å². The van der Waals surface area contributed by atoms with Gasteiger partial charge in [-0.1, -0.05) is 17.7 Å². The molecule has 0 atom stereocenters. The molecule has 21 heavy (non-hydrogen) atoms. The highest BCUT2D eigenvalue weighted by Gasteiger charge is 2.13. The number of aryl methyl sites for hydroxylation is 1. The predicted molar refractivity (Wildman–Crippen MR) is 72.5 cm³/mol. The zero-order valence-corrected chi connectivity index (χ0v) is 11.1. The molecule has 1 aromatic carbocycles. The molecule has 0 aliphatic carbocycles. The summed E-state index contributed by atoms with van der Waals surface area (Å²) in [4.78, 5) is 13.7. The first-order valence-electron chi connectivity index (χ1n) is 6.17. The summed E-state index contributed by atoms with van der Waals surface area (Å²) in [5.41, 5.74) is 1.97. The Bertz CT molecular complexity index is 775. The molecule has 3 aromatic rings. The lowest BCUT2D eigenvalue weighted by atomic mass is 10.1. The van der Waals surface area contributed by atoms with Gasteiger partial charge >= 0.3 is 5.82 Å². The largest absolute Gasteiger partial charge is 0.419 e. The van der Waals surface area contributed by atoms with E-state index < -0.39 is 4.92 Å². The van der Waals surface area contributed by atoms with E-state index in [0.29, 0.717) is 11.8 Å². The van der Waals surface area contributed by atoms with Crippen LogP contribution in [-0.2, 0) is 6.54 Å². The Balaban J connectivity index is 1.78. The summed E-state index contributed by atoms with van der Waals surface area (Å²) >= 11 is 0. The Labute approximate surface area is 119 Å². The minimum atomic E-state index is -0.554. The lowest BCUT2D eigenvalue weighted by molar-refractivity contribution is -0.389. The van der Waals surface area contributed by atoms with Gasteiger partial charge in [-0.2, -0.15) is 0 Å². The molecule has 0 unspecified atom stereocenters. The maximum Gasteiger partial charge on any atom is 0.381 e. The zero-order chi connectivity index (χ0) is 14.8. The van der Waals surface area contributed by atoms with E-state index in [1.807, 2.05) is 31.2 Å². The zero-order valence-electron chi connectivity index (χ0n) is 11.1. The van der Waals surface area contributed by atoms with Crippen molar-refractivity contribution in [3.8, 4) is 11.5 Å². The normalized spacial score (nSPS) is 10.7. The second-order valence-corrected chi connectivity index (χ2v) is 4.53. The predicted octanol–water partition coefficient (Wildman–Crippen LogP) is 2.20. The van der Waals surface area contributed by atoms with Crippen molar-refractivity contribution in [2.45, 2.75) is 13.5 Å². The molecule has 106 valence electrons. The number of imidazole rings is 1. The van der Waals surface area contributed by atoms with Crippen LogP contribution < -0.4 is 0 Å². The quantitative estimate of drug-likeness (QED) is 0.538.